The molecule has 0 N–H and O–H groups in total. The summed E-state index contributed by atoms with van der Waals surface area (Å²) in [6.07, 6.45) is 4.55. The van der Waals surface area contributed by atoms with E-state index >= 15 is 0 Å². The number of carbonyl (C=O) groups excluding carboxylic acids is 1. The first-order valence-electron chi connectivity index (χ1n) is 11.6. The van der Waals surface area contributed by atoms with Crippen molar-refractivity contribution in [3.05, 3.63) is 22.4 Å². The number of pyridine rings is 1. The van der Waals surface area contributed by atoms with Gasteiger partial charge in [-0.1, -0.05) is 13.8 Å². The number of aromatic nitrogens is 1. The van der Waals surface area contributed by atoms with Crippen molar-refractivity contribution in [1.29, 1.82) is 5.26 Å². The van der Waals surface area contributed by atoms with Gasteiger partial charge in [-0.15, -0.1) is 0 Å². The molecule has 0 radical (unpaired) electrons. The Morgan fingerprint density at radius 1 is 1.34 bits per heavy atom. The number of amides is 1. The Labute approximate surface area is 194 Å². The Balaban J connectivity index is 1.70. The molecule has 0 aromatic carbocycles. The molecule has 7 nitrogen and oxygen atoms in total. The molecule has 1 saturated carbocycles. The van der Waals surface area contributed by atoms with Crippen molar-refractivity contribution in [2.24, 2.45) is 5.92 Å². The SMILES string of the molecule is CC(C)C1CN(c2nc(C3CC3)c3c(c2C#N)CC(C)(C)OC3)CCN1C(=O)C[S+](C)[O-]. The standard InChI is InChI=1S/C24H34N4O3S/c1-15(2)20-12-27(8-9-28(20)21(29)14-32(5)30)23-18(11-25)17-10-24(3,4)31-13-19(17)22(26-23)16-6-7-16/h15-16,20H,6-10,12-14H2,1-5H3. The molecule has 1 saturated heterocycles. The lowest BCUT2D eigenvalue weighted by Crippen LogP contribution is -2.58. The van der Waals surface area contributed by atoms with Gasteiger partial charge in [0.15, 0.2) is 5.75 Å². The molecule has 2 unspecified atom stereocenters. The number of piperazine rings is 1. The number of hydrogen-bond acceptors (Lipinski definition) is 6. The highest BCUT2D eigenvalue weighted by atomic mass is 32.2. The number of ether oxygens (including phenoxy) is 1. The topological polar surface area (TPSA) is 92.5 Å². The van der Waals surface area contributed by atoms with Gasteiger partial charge in [0.1, 0.15) is 11.9 Å². The zero-order valence-electron chi connectivity index (χ0n) is 19.8. The van der Waals surface area contributed by atoms with Crippen LogP contribution < -0.4 is 4.90 Å². The van der Waals surface area contributed by atoms with Gasteiger partial charge in [-0.25, -0.2) is 4.98 Å². The minimum absolute atomic E-state index is 0.00618. The Morgan fingerprint density at radius 3 is 2.66 bits per heavy atom. The zero-order chi connectivity index (χ0) is 23.2. The normalized spacial score (nSPS) is 23.6. The third kappa shape index (κ3) is 4.61. The first kappa shape index (κ1) is 23.3. The molecule has 4 rings (SSSR count). The first-order valence-corrected chi connectivity index (χ1v) is 13.3. The fourth-order valence-electron chi connectivity index (χ4n) is 4.96. The molecule has 2 aliphatic heterocycles. The fourth-order valence-corrected chi connectivity index (χ4v) is 5.47. The number of rotatable bonds is 5. The third-order valence-corrected chi connectivity index (χ3v) is 7.50. The monoisotopic (exact) mass is 458 g/mol. The summed E-state index contributed by atoms with van der Waals surface area (Å²) in [5.74, 6) is 1.47. The van der Waals surface area contributed by atoms with Crippen LogP contribution in [0, 0.1) is 17.2 Å². The third-order valence-electron chi connectivity index (χ3n) is 6.85. The number of anilines is 1. The van der Waals surface area contributed by atoms with Crippen molar-refractivity contribution in [2.45, 2.75) is 71.1 Å². The predicted octanol–water partition coefficient (Wildman–Crippen LogP) is 2.73. The maximum atomic E-state index is 12.7. The summed E-state index contributed by atoms with van der Waals surface area (Å²) < 4.78 is 17.7. The van der Waals surface area contributed by atoms with E-state index in [1.54, 1.807) is 6.26 Å². The number of fused-ring (bicyclic) bond motifs is 1. The molecule has 1 aromatic heterocycles. The van der Waals surface area contributed by atoms with Gasteiger partial charge in [0, 0.05) is 37.5 Å². The van der Waals surface area contributed by atoms with Gasteiger partial charge in [0.2, 0.25) is 0 Å². The molecule has 174 valence electrons. The summed E-state index contributed by atoms with van der Waals surface area (Å²) in [6, 6.07) is 2.46. The summed E-state index contributed by atoms with van der Waals surface area (Å²) in [4.78, 5) is 21.9. The van der Waals surface area contributed by atoms with E-state index in [0.29, 0.717) is 44.1 Å². The average molecular weight is 459 g/mol. The maximum Gasteiger partial charge on any atom is 0.272 e. The molecular formula is C24H34N4O3S. The fraction of sp³-hybridized carbons (Fsp3) is 0.708. The molecule has 3 aliphatic rings. The molecular weight excluding hydrogens is 424 g/mol. The smallest absolute Gasteiger partial charge is 0.272 e. The summed E-state index contributed by atoms with van der Waals surface area (Å²) >= 11 is -1.16. The van der Waals surface area contributed by atoms with Crippen LogP contribution in [0.2, 0.25) is 0 Å². The molecule has 2 atom stereocenters. The maximum absolute atomic E-state index is 12.7. The van der Waals surface area contributed by atoms with E-state index in [1.807, 2.05) is 4.90 Å². The lowest BCUT2D eigenvalue weighted by atomic mass is 9.87. The van der Waals surface area contributed by atoms with Gasteiger partial charge in [-0.3, -0.25) is 4.79 Å². The van der Waals surface area contributed by atoms with E-state index in [-0.39, 0.29) is 29.2 Å². The average Bonchev–Trinajstić information content (AvgIpc) is 3.56. The molecule has 8 heteroatoms. The van der Waals surface area contributed by atoms with E-state index in [0.717, 1.165) is 35.5 Å². The predicted molar refractivity (Wildman–Crippen MR) is 125 cm³/mol. The van der Waals surface area contributed by atoms with Gasteiger partial charge in [-0.05, 0) is 49.3 Å². The Morgan fingerprint density at radius 2 is 2.06 bits per heavy atom. The number of nitriles is 1. The van der Waals surface area contributed by atoms with Crippen LogP contribution in [0.25, 0.3) is 0 Å². The van der Waals surface area contributed by atoms with Crippen LogP contribution in [0.3, 0.4) is 0 Å². The van der Waals surface area contributed by atoms with E-state index in [2.05, 4.69) is 38.7 Å². The molecule has 1 amide bonds. The van der Waals surface area contributed by atoms with Gasteiger partial charge >= 0.3 is 0 Å². The lowest BCUT2D eigenvalue weighted by molar-refractivity contribution is -0.132. The second-order valence-corrected chi connectivity index (χ2v) is 11.8. The summed E-state index contributed by atoms with van der Waals surface area (Å²) in [7, 11) is 0. The van der Waals surface area contributed by atoms with Crippen LogP contribution in [0.15, 0.2) is 0 Å². The molecule has 1 aliphatic carbocycles. The van der Waals surface area contributed by atoms with E-state index < -0.39 is 11.2 Å². The Hall–Kier alpha value is -1.82. The second-order valence-electron chi connectivity index (χ2n) is 10.3. The molecule has 2 fully saturated rings. The van der Waals surface area contributed by atoms with Gasteiger partial charge in [-0.2, -0.15) is 5.26 Å². The molecule has 0 bridgehead atoms. The highest BCUT2D eigenvalue weighted by molar-refractivity contribution is 7.91. The molecule has 1 aromatic rings. The van der Waals surface area contributed by atoms with Gasteiger partial charge in [0.05, 0.1) is 35.8 Å². The van der Waals surface area contributed by atoms with Crippen molar-refractivity contribution in [3.63, 3.8) is 0 Å². The van der Waals surface area contributed by atoms with Crippen molar-refractivity contribution in [3.8, 4) is 6.07 Å². The highest BCUT2D eigenvalue weighted by Gasteiger charge is 2.39. The minimum atomic E-state index is -1.16. The number of hydrogen-bond donors (Lipinski definition) is 0. The number of nitrogens with zero attached hydrogens (tertiary/aromatic N) is 4. The zero-order valence-corrected chi connectivity index (χ0v) is 20.6. The van der Waals surface area contributed by atoms with E-state index in [4.69, 9.17) is 9.72 Å². The Kier molecular flexibility index (Phi) is 6.45. The van der Waals surface area contributed by atoms with Crippen LogP contribution in [0.5, 0.6) is 0 Å². The first-order chi connectivity index (χ1) is 15.1. The van der Waals surface area contributed by atoms with Crippen molar-refractivity contribution in [1.82, 2.24) is 9.88 Å². The number of carbonyl (C=O) groups is 1. The minimum Gasteiger partial charge on any atom is -0.616 e. The second kappa shape index (κ2) is 8.85. The van der Waals surface area contributed by atoms with Gasteiger partial charge < -0.3 is 19.1 Å². The van der Waals surface area contributed by atoms with E-state index in [1.165, 1.54) is 0 Å². The molecule has 32 heavy (non-hydrogen) atoms. The summed E-state index contributed by atoms with van der Waals surface area (Å²) in [6.45, 7) is 10.7. The largest absolute Gasteiger partial charge is 0.616 e. The van der Waals surface area contributed by atoms with Crippen LogP contribution in [-0.2, 0) is 33.7 Å². The van der Waals surface area contributed by atoms with Crippen molar-refractivity contribution < 1.29 is 14.1 Å². The summed E-state index contributed by atoms with van der Waals surface area (Å²) in [5, 5.41) is 10.2. The highest BCUT2D eigenvalue weighted by Crippen LogP contribution is 2.46. The summed E-state index contributed by atoms with van der Waals surface area (Å²) in [5.41, 5.74) is 3.67. The van der Waals surface area contributed by atoms with Crippen LogP contribution in [-0.4, -0.2) is 63.6 Å². The van der Waals surface area contributed by atoms with Crippen molar-refractivity contribution in [2.75, 3.05) is 36.5 Å². The van der Waals surface area contributed by atoms with Crippen molar-refractivity contribution >= 4 is 22.9 Å². The lowest BCUT2D eigenvalue weighted by Gasteiger charge is -2.44. The molecule has 3 heterocycles. The van der Waals surface area contributed by atoms with Crippen LogP contribution in [0.1, 0.15) is 68.8 Å². The van der Waals surface area contributed by atoms with Crippen LogP contribution >= 0.6 is 0 Å². The van der Waals surface area contributed by atoms with Gasteiger partial charge in [0.25, 0.3) is 5.91 Å². The molecule has 0 spiro atoms. The van der Waals surface area contributed by atoms with E-state index in [9.17, 15) is 14.6 Å². The van der Waals surface area contributed by atoms with Crippen LogP contribution in [0.4, 0.5) is 5.82 Å². The Bertz CT molecular complexity index is 936. The quantitative estimate of drug-likeness (QED) is 0.630.